The summed E-state index contributed by atoms with van der Waals surface area (Å²) in [6.07, 6.45) is 3.31. The molecule has 0 atom stereocenters. The number of amides is 1. The van der Waals surface area contributed by atoms with Gasteiger partial charge in [-0.3, -0.25) is 9.48 Å². The first-order valence-corrected chi connectivity index (χ1v) is 7.00. The molecule has 1 aliphatic heterocycles. The summed E-state index contributed by atoms with van der Waals surface area (Å²) in [5, 5.41) is 8.97. The Morgan fingerprint density at radius 3 is 2.44 bits per heavy atom. The van der Waals surface area contributed by atoms with Crippen molar-refractivity contribution in [1.82, 2.24) is 19.0 Å². The molecule has 1 aromatic heterocycles. The molecule has 0 unspecified atom stereocenters. The van der Waals surface area contributed by atoms with E-state index in [2.05, 4.69) is 5.10 Å². The summed E-state index contributed by atoms with van der Waals surface area (Å²) in [7, 11) is -3.65. The molecule has 18 heavy (non-hydrogen) atoms. The summed E-state index contributed by atoms with van der Waals surface area (Å²) >= 11 is 0. The van der Waals surface area contributed by atoms with Gasteiger partial charge in [0.05, 0.1) is 0 Å². The lowest BCUT2D eigenvalue weighted by Gasteiger charge is -2.32. The zero-order valence-corrected chi connectivity index (χ0v) is 10.6. The van der Waals surface area contributed by atoms with E-state index >= 15 is 0 Å². The molecular weight excluding hydrogens is 258 g/mol. The Bertz CT molecular complexity index is 504. The Balaban J connectivity index is 1.88. The number of hydrogen-bond donors (Lipinski definition) is 1. The molecule has 2 heterocycles. The van der Waals surface area contributed by atoms with Gasteiger partial charge in [-0.2, -0.15) is 17.8 Å². The number of carbonyl (C=O) groups is 1. The minimum Gasteiger partial charge on any atom is -0.338 e. The number of piperazine rings is 1. The maximum absolute atomic E-state index is 11.9. The van der Waals surface area contributed by atoms with Gasteiger partial charge in [-0.25, -0.2) is 5.14 Å². The highest BCUT2D eigenvalue weighted by Gasteiger charge is 2.26. The quantitative estimate of drug-likeness (QED) is 0.704. The fraction of sp³-hybridized carbons (Fsp3) is 0.556. The van der Waals surface area contributed by atoms with Gasteiger partial charge >= 0.3 is 0 Å². The first-order chi connectivity index (χ1) is 8.47. The molecule has 9 heteroatoms. The third kappa shape index (κ3) is 3.06. The molecule has 2 rings (SSSR count). The lowest BCUT2D eigenvalue weighted by molar-refractivity contribution is -0.133. The Hall–Kier alpha value is -1.45. The summed E-state index contributed by atoms with van der Waals surface area (Å²) in [4.78, 5) is 13.5. The molecule has 100 valence electrons. The smallest absolute Gasteiger partial charge is 0.277 e. The van der Waals surface area contributed by atoms with Crippen molar-refractivity contribution in [2.45, 2.75) is 6.54 Å². The van der Waals surface area contributed by atoms with E-state index in [9.17, 15) is 13.2 Å². The van der Waals surface area contributed by atoms with E-state index in [4.69, 9.17) is 5.14 Å². The van der Waals surface area contributed by atoms with Crippen LogP contribution >= 0.6 is 0 Å². The van der Waals surface area contributed by atoms with Gasteiger partial charge in [-0.05, 0) is 6.07 Å². The van der Waals surface area contributed by atoms with E-state index in [1.54, 1.807) is 23.4 Å². The summed E-state index contributed by atoms with van der Waals surface area (Å²) in [6.45, 7) is 1.36. The van der Waals surface area contributed by atoms with Crippen molar-refractivity contribution in [3.05, 3.63) is 18.5 Å². The lowest BCUT2D eigenvalue weighted by atomic mass is 10.3. The molecule has 0 radical (unpaired) electrons. The van der Waals surface area contributed by atoms with Crippen LogP contribution in [-0.2, 0) is 21.5 Å². The average Bonchev–Trinajstić information content (AvgIpc) is 2.81. The summed E-state index contributed by atoms with van der Waals surface area (Å²) in [6, 6.07) is 1.74. The molecule has 0 saturated carbocycles. The zero-order valence-electron chi connectivity index (χ0n) is 9.77. The zero-order chi connectivity index (χ0) is 13.2. The van der Waals surface area contributed by atoms with Crippen LogP contribution in [-0.4, -0.2) is 59.5 Å². The standard InChI is InChI=1S/C9H15N5O3S/c10-18(16,17)14-6-4-12(5-7-14)9(15)8-13-3-1-2-11-13/h1-3H,4-8H2,(H2,10,16,17). The highest BCUT2D eigenvalue weighted by Crippen LogP contribution is 2.05. The average molecular weight is 273 g/mol. The van der Waals surface area contributed by atoms with Crippen LogP contribution in [0.2, 0.25) is 0 Å². The van der Waals surface area contributed by atoms with Gasteiger partial charge < -0.3 is 4.90 Å². The summed E-state index contributed by atoms with van der Waals surface area (Å²) in [5.41, 5.74) is 0. The summed E-state index contributed by atoms with van der Waals surface area (Å²) in [5.74, 6) is -0.0761. The first kappa shape index (κ1) is 13.0. The van der Waals surface area contributed by atoms with Crippen LogP contribution < -0.4 is 5.14 Å². The van der Waals surface area contributed by atoms with Crippen molar-refractivity contribution in [1.29, 1.82) is 0 Å². The van der Waals surface area contributed by atoms with Gasteiger partial charge in [0.15, 0.2) is 0 Å². The van der Waals surface area contributed by atoms with Crippen molar-refractivity contribution < 1.29 is 13.2 Å². The van der Waals surface area contributed by atoms with E-state index in [1.807, 2.05) is 0 Å². The van der Waals surface area contributed by atoms with E-state index < -0.39 is 10.2 Å². The van der Waals surface area contributed by atoms with Crippen LogP contribution in [0.15, 0.2) is 18.5 Å². The fourth-order valence-corrected chi connectivity index (χ4v) is 2.50. The van der Waals surface area contributed by atoms with Gasteiger partial charge in [0.2, 0.25) is 5.91 Å². The number of hydrogen-bond acceptors (Lipinski definition) is 4. The molecule has 1 fully saturated rings. The van der Waals surface area contributed by atoms with Gasteiger partial charge in [0, 0.05) is 38.6 Å². The second-order valence-corrected chi connectivity index (χ2v) is 5.57. The van der Waals surface area contributed by atoms with Crippen molar-refractivity contribution in [2.24, 2.45) is 5.14 Å². The Morgan fingerprint density at radius 1 is 1.28 bits per heavy atom. The molecule has 1 aliphatic rings. The monoisotopic (exact) mass is 273 g/mol. The highest BCUT2D eigenvalue weighted by atomic mass is 32.2. The largest absolute Gasteiger partial charge is 0.338 e. The SMILES string of the molecule is NS(=O)(=O)N1CCN(C(=O)Cn2cccn2)CC1. The van der Waals surface area contributed by atoms with Gasteiger partial charge in [0.25, 0.3) is 10.2 Å². The molecular formula is C9H15N5O3S. The summed E-state index contributed by atoms with van der Waals surface area (Å²) < 4.78 is 24.9. The van der Waals surface area contributed by atoms with Crippen molar-refractivity contribution in [3.8, 4) is 0 Å². The number of aromatic nitrogens is 2. The van der Waals surface area contributed by atoms with Gasteiger partial charge in [-0.15, -0.1) is 0 Å². The van der Waals surface area contributed by atoms with Crippen molar-refractivity contribution in [2.75, 3.05) is 26.2 Å². The third-order valence-electron chi connectivity index (χ3n) is 2.81. The Morgan fingerprint density at radius 2 is 1.94 bits per heavy atom. The second-order valence-electron chi connectivity index (χ2n) is 4.03. The van der Waals surface area contributed by atoms with E-state index in [0.717, 1.165) is 0 Å². The van der Waals surface area contributed by atoms with Gasteiger partial charge in [-0.1, -0.05) is 0 Å². The number of rotatable bonds is 3. The molecule has 2 N–H and O–H groups in total. The molecule has 1 amide bonds. The molecule has 0 aromatic carbocycles. The second kappa shape index (κ2) is 5.04. The number of nitrogens with zero attached hydrogens (tertiary/aromatic N) is 4. The predicted molar refractivity (Wildman–Crippen MR) is 63.5 cm³/mol. The Labute approximate surface area is 105 Å². The van der Waals surface area contributed by atoms with Crippen molar-refractivity contribution >= 4 is 16.1 Å². The van der Waals surface area contributed by atoms with Gasteiger partial charge in [0.1, 0.15) is 6.54 Å². The van der Waals surface area contributed by atoms with Crippen LogP contribution in [0.5, 0.6) is 0 Å². The van der Waals surface area contributed by atoms with Crippen LogP contribution in [0.1, 0.15) is 0 Å². The van der Waals surface area contributed by atoms with E-state index in [-0.39, 0.29) is 25.5 Å². The fourth-order valence-electron chi connectivity index (χ4n) is 1.82. The Kier molecular flexibility index (Phi) is 3.64. The van der Waals surface area contributed by atoms with Crippen LogP contribution in [0, 0.1) is 0 Å². The maximum atomic E-state index is 11.9. The number of nitrogens with two attached hydrogens (primary N) is 1. The molecule has 0 spiro atoms. The third-order valence-corrected chi connectivity index (χ3v) is 3.89. The normalized spacial score (nSPS) is 17.9. The molecule has 1 saturated heterocycles. The minimum absolute atomic E-state index is 0.0761. The maximum Gasteiger partial charge on any atom is 0.277 e. The number of carbonyl (C=O) groups excluding carboxylic acids is 1. The minimum atomic E-state index is -3.65. The molecule has 1 aromatic rings. The van der Waals surface area contributed by atoms with Crippen LogP contribution in [0.3, 0.4) is 0 Å². The molecule has 8 nitrogen and oxygen atoms in total. The highest BCUT2D eigenvalue weighted by molar-refractivity contribution is 7.86. The topological polar surface area (TPSA) is 102 Å². The van der Waals surface area contributed by atoms with Crippen LogP contribution in [0.25, 0.3) is 0 Å². The van der Waals surface area contributed by atoms with E-state index in [1.165, 1.54) is 8.99 Å². The lowest BCUT2D eigenvalue weighted by Crippen LogP contribution is -2.52. The van der Waals surface area contributed by atoms with E-state index in [0.29, 0.717) is 13.1 Å². The van der Waals surface area contributed by atoms with Crippen LogP contribution in [0.4, 0.5) is 0 Å². The first-order valence-electron chi connectivity index (χ1n) is 5.50. The molecule has 0 bridgehead atoms. The molecule has 0 aliphatic carbocycles. The predicted octanol–water partition coefficient (Wildman–Crippen LogP) is -1.77. The van der Waals surface area contributed by atoms with Crippen molar-refractivity contribution in [3.63, 3.8) is 0 Å².